The molecule has 0 heterocycles. The van der Waals surface area contributed by atoms with E-state index in [0.717, 1.165) is 6.42 Å². The van der Waals surface area contributed by atoms with Crippen molar-refractivity contribution < 1.29 is 4.79 Å². The lowest BCUT2D eigenvalue weighted by molar-refractivity contribution is -0.121. The molecule has 2 heteroatoms. The van der Waals surface area contributed by atoms with Crippen molar-refractivity contribution in [2.45, 2.75) is 26.7 Å². The number of carbonyl (C=O) groups is 1. The van der Waals surface area contributed by atoms with Gasteiger partial charge in [-0.1, -0.05) is 13.8 Å². The Morgan fingerprint density at radius 1 is 1.56 bits per heavy atom. The average Bonchev–Trinajstić information content (AvgIpc) is 1.82. The van der Waals surface area contributed by atoms with Gasteiger partial charge >= 0.3 is 0 Å². The van der Waals surface area contributed by atoms with Crippen molar-refractivity contribution in [2.24, 2.45) is 5.92 Å². The number of carbonyl (C=O) groups excluding carboxylic acids is 1. The van der Waals surface area contributed by atoms with Crippen LogP contribution in [0.25, 0.3) is 0 Å². The summed E-state index contributed by atoms with van der Waals surface area (Å²) in [5.41, 5.74) is 0. The van der Waals surface area contributed by atoms with Crippen LogP contribution in [0.2, 0.25) is 0 Å². The van der Waals surface area contributed by atoms with Crippen LogP contribution in [0.3, 0.4) is 0 Å². The molecule has 0 N–H and O–H groups in total. The molecule has 0 saturated carbocycles. The van der Waals surface area contributed by atoms with Gasteiger partial charge in [-0.25, -0.2) is 0 Å². The number of alkyl halides is 1. The highest BCUT2D eigenvalue weighted by atomic mass is 35.5. The zero-order valence-electron chi connectivity index (χ0n) is 5.98. The molecular weight excluding hydrogens is 136 g/mol. The second-order valence-corrected chi connectivity index (χ2v) is 2.79. The molecule has 0 atom stereocenters. The molecule has 0 aliphatic carbocycles. The van der Waals surface area contributed by atoms with Crippen molar-refractivity contribution in [1.29, 1.82) is 0 Å². The normalized spacial score (nSPS) is 10.2. The second kappa shape index (κ2) is 4.80. The van der Waals surface area contributed by atoms with E-state index in [4.69, 9.17) is 11.6 Å². The molecule has 0 aliphatic rings. The van der Waals surface area contributed by atoms with Crippen molar-refractivity contribution in [3.8, 4) is 0 Å². The van der Waals surface area contributed by atoms with E-state index in [9.17, 15) is 4.79 Å². The van der Waals surface area contributed by atoms with Gasteiger partial charge in [-0.2, -0.15) is 0 Å². The minimum Gasteiger partial charge on any atom is -0.299 e. The van der Waals surface area contributed by atoms with Crippen LogP contribution in [-0.2, 0) is 4.79 Å². The van der Waals surface area contributed by atoms with E-state index in [1.165, 1.54) is 0 Å². The minimum atomic E-state index is 0.174. The van der Waals surface area contributed by atoms with Gasteiger partial charge in [0.1, 0.15) is 5.78 Å². The number of rotatable bonds is 4. The fraction of sp³-hybridized carbons (Fsp3) is 0.857. The SMILES string of the molecule is CC(C)C(=O)CCCCl. The summed E-state index contributed by atoms with van der Waals surface area (Å²) >= 11 is 5.40. The van der Waals surface area contributed by atoms with Crippen LogP contribution in [0.4, 0.5) is 0 Å². The van der Waals surface area contributed by atoms with Gasteiger partial charge in [-0.3, -0.25) is 4.79 Å². The van der Waals surface area contributed by atoms with E-state index in [0.29, 0.717) is 18.1 Å². The molecule has 0 aliphatic heterocycles. The lowest BCUT2D eigenvalue weighted by atomic mass is 10.1. The summed E-state index contributed by atoms with van der Waals surface area (Å²) in [6.45, 7) is 3.83. The highest BCUT2D eigenvalue weighted by Crippen LogP contribution is 2.01. The predicted octanol–water partition coefficient (Wildman–Crippen LogP) is 2.23. The zero-order chi connectivity index (χ0) is 7.28. The highest BCUT2D eigenvalue weighted by molar-refractivity contribution is 6.17. The summed E-state index contributed by atoms with van der Waals surface area (Å²) in [6, 6.07) is 0. The smallest absolute Gasteiger partial charge is 0.135 e. The van der Waals surface area contributed by atoms with Crippen LogP contribution in [0.5, 0.6) is 0 Å². The van der Waals surface area contributed by atoms with E-state index in [2.05, 4.69) is 0 Å². The molecule has 0 fully saturated rings. The maximum atomic E-state index is 10.8. The van der Waals surface area contributed by atoms with Crippen LogP contribution >= 0.6 is 11.6 Å². The minimum absolute atomic E-state index is 0.174. The number of hydrogen-bond acceptors (Lipinski definition) is 1. The highest BCUT2D eigenvalue weighted by Gasteiger charge is 2.04. The van der Waals surface area contributed by atoms with E-state index < -0.39 is 0 Å². The van der Waals surface area contributed by atoms with Crippen molar-refractivity contribution >= 4 is 17.4 Å². The Bertz CT molecular complexity index is 88.9. The van der Waals surface area contributed by atoms with Crippen LogP contribution in [0.15, 0.2) is 0 Å². The van der Waals surface area contributed by atoms with Crippen molar-refractivity contribution in [2.75, 3.05) is 5.88 Å². The summed E-state index contributed by atoms with van der Waals surface area (Å²) in [6.07, 6.45) is 1.46. The van der Waals surface area contributed by atoms with Gasteiger partial charge in [0.25, 0.3) is 0 Å². The first-order chi connectivity index (χ1) is 4.18. The van der Waals surface area contributed by atoms with Gasteiger partial charge in [0.2, 0.25) is 0 Å². The summed E-state index contributed by atoms with van der Waals surface area (Å²) < 4.78 is 0. The Morgan fingerprint density at radius 2 is 2.11 bits per heavy atom. The summed E-state index contributed by atoms with van der Waals surface area (Å²) in [7, 11) is 0. The van der Waals surface area contributed by atoms with E-state index in [1.807, 2.05) is 13.8 Å². The Labute approximate surface area is 61.4 Å². The van der Waals surface area contributed by atoms with Gasteiger partial charge < -0.3 is 0 Å². The van der Waals surface area contributed by atoms with Gasteiger partial charge in [0.05, 0.1) is 0 Å². The van der Waals surface area contributed by atoms with E-state index >= 15 is 0 Å². The van der Waals surface area contributed by atoms with Crippen molar-refractivity contribution in [1.82, 2.24) is 0 Å². The molecule has 0 bridgehead atoms. The molecule has 0 unspecified atom stereocenters. The largest absolute Gasteiger partial charge is 0.299 e. The number of hydrogen-bond donors (Lipinski definition) is 0. The Kier molecular flexibility index (Phi) is 4.78. The fourth-order valence-electron chi connectivity index (χ4n) is 0.530. The van der Waals surface area contributed by atoms with Gasteiger partial charge in [0.15, 0.2) is 0 Å². The fourth-order valence-corrected chi connectivity index (χ4v) is 0.663. The average molecular weight is 149 g/mol. The van der Waals surface area contributed by atoms with Crippen LogP contribution < -0.4 is 0 Å². The molecule has 0 aromatic rings. The summed E-state index contributed by atoms with van der Waals surface area (Å²) in [5, 5.41) is 0. The first kappa shape index (κ1) is 8.96. The number of halogens is 1. The zero-order valence-corrected chi connectivity index (χ0v) is 6.74. The van der Waals surface area contributed by atoms with Gasteiger partial charge in [-0.05, 0) is 6.42 Å². The third kappa shape index (κ3) is 4.46. The number of ketones is 1. The summed E-state index contributed by atoms with van der Waals surface area (Å²) in [5.74, 6) is 1.09. The van der Waals surface area contributed by atoms with Gasteiger partial charge in [0, 0.05) is 18.2 Å². The molecule has 0 rings (SSSR count). The van der Waals surface area contributed by atoms with Crippen LogP contribution in [-0.4, -0.2) is 11.7 Å². The first-order valence-electron chi connectivity index (χ1n) is 3.27. The molecule has 9 heavy (non-hydrogen) atoms. The van der Waals surface area contributed by atoms with Crippen LogP contribution in [0, 0.1) is 5.92 Å². The molecule has 0 spiro atoms. The third-order valence-electron chi connectivity index (χ3n) is 1.20. The molecular formula is C7H13ClO. The Morgan fingerprint density at radius 3 is 2.44 bits per heavy atom. The topological polar surface area (TPSA) is 17.1 Å². The third-order valence-corrected chi connectivity index (χ3v) is 1.47. The molecule has 1 nitrogen and oxygen atoms in total. The first-order valence-corrected chi connectivity index (χ1v) is 3.80. The Balaban J connectivity index is 3.28. The molecule has 0 amide bonds. The maximum absolute atomic E-state index is 10.8. The number of Topliss-reactive ketones (excluding diaryl/α,β-unsaturated/α-hetero) is 1. The molecule has 0 radical (unpaired) electrons. The van der Waals surface area contributed by atoms with Crippen LogP contribution in [0.1, 0.15) is 26.7 Å². The molecule has 0 saturated heterocycles. The second-order valence-electron chi connectivity index (χ2n) is 2.41. The molecule has 54 valence electrons. The lowest BCUT2D eigenvalue weighted by Gasteiger charge is -2.00. The standard InChI is InChI=1S/C7H13ClO/c1-6(2)7(9)4-3-5-8/h6H,3-5H2,1-2H3. The Hall–Kier alpha value is -0.0400. The lowest BCUT2D eigenvalue weighted by Crippen LogP contribution is -2.06. The van der Waals surface area contributed by atoms with E-state index in [-0.39, 0.29) is 5.92 Å². The monoisotopic (exact) mass is 148 g/mol. The van der Waals surface area contributed by atoms with Gasteiger partial charge in [-0.15, -0.1) is 11.6 Å². The van der Waals surface area contributed by atoms with Crippen molar-refractivity contribution in [3.05, 3.63) is 0 Å². The predicted molar refractivity (Wildman–Crippen MR) is 39.8 cm³/mol. The molecule has 0 aromatic carbocycles. The van der Waals surface area contributed by atoms with Crippen molar-refractivity contribution in [3.63, 3.8) is 0 Å². The quantitative estimate of drug-likeness (QED) is 0.559. The van der Waals surface area contributed by atoms with E-state index in [1.54, 1.807) is 0 Å². The maximum Gasteiger partial charge on any atom is 0.135 e. The molecule has 0 aromatic heterocycles. The summed E-state index contributed by atoms with van der Waals surface area (Å²) in [4.78, 5) is 10.8.